The number of H-pyrrole nitrogens is 1. The Morgan fingerprint density at radius 1 is 1.18 bits per heavy atom. The number of carbonyl (C=O) groups is 1. The maximum absolute atomic E-state index is 13.8. The molecule has 3 heterocycles. The summed E-state index contributed by atoms with van der Waals surface area (Å²) in [7, 11) is 0. The van der Waals surface area contributed by atoms with E-state index in [1.807, 2.05) is 18.2 Å². The molecule has 2 fully saturated rings. The first-order chi connectivity index (χ1) is 16.4. The number of carbonyl (C=O) groups excluding carboxylic acids is 1. The summed E-state index contributed by atoms with van der Waals surface area (Å²) >= 11 is 0. The number of rotatable bonds is 2. The molecule has 3 aromatic rings. The Balaban J connectivity index is 1.43. The van der Waals surface area contributed by atoms with Crippen molar-refractivity contribution in [3.05, 3.63) is 69.4 Å². The summed E-state index contributed by atoms with van der Waals surface area (Å²) in [6.45, 7) is 8.12. The molecule has 6 rings (SSSR count). The van der Waals surface area contributed by atoms with Gasteiger partial charge in [-0.05, 0) is 61.2 Å². The minimum absolute atomic E-state index is 0.00290. The van der Waals surface area contributed by atoms with Crippen molar-refractivity contribution < 1.29 is 9.53 Å². The van der Waals surface area contributed by atoms with Gasteiger partial charge in [0, 0.05) is 33.1 Å². The quantitative estimate of drug-likeness (QED) is 0.586. The van der Waals surface area contributed by atoms with Gasteiger partial charge in [-0.1, -0.05) is 31.9 Å². The molecular formula is C29H27N3O2. The molecule has 0 bridgehead atoms. The molecule has 5 nitrogen and oxygen atoms in total. The smallest absolute Gasteiger partial charge is 0.195 e. The van der Waals surface area contributed by atoms with E-state index in [2.05, 4.69) is 41.8 Å². The molecule has 1 aromatic heterocycles. The van der Waals surface area contributed by atoms with Gasteiger partial charge in [0.15, 0.2) is 5.78 Å². The third-order valence-corrected chi connectivity index (χ3v) is 8.15. The summed E-state index contributed by atoms with van der Waals surface area (Å²) < 4.78 is 5.38. The van der Waals surface area contributed by atoms with Crippen LogP contribution >= 0.6 is 0 Å². The number of aromatic nitrogens is 1. The summed E-state index contributed by atoms with van der Waals surface area (Å²) in [4.78, 5) is 19.8. The molecule has 0 amide bonds. The fraction of sp³-hybridized carbons (Fsp3) is 0.379. The number of fused-ring (bicyclic) bond motifs is 4. The maximum Gasteiger partial charge on any atom is 0.195 e. The van der Waals surface area contributed by atoms with E-state index in [9.17, 15) is 10.1 Å². The number of nitrogens with zero attached hydrogens (tertiary/aromatic N) is 2. The number of nitriles is 1. The lowest BCUT2D eigenvalue weighted by Crippen LogP contribution is -2.51. The van der Waals surface area contributed by atoms with Crippen LogP contribution in [0.25, 0.3) is 10.9 Å². The van der Waals surface area contributed by atoms with Crippen LogP contribution in [-0.2, 0) is 10.2 Å². The van der Waals surface area contributed by atoms with Crippen molar-refractivity contribution in [2.24, 2.45) is 0 Å². The predicted molar refractivity (Wildman–Crippen MR) is 131 cm³/mol. The van der Waals surface area contributed by atoms with Gasteiger partial charge >= 0.3 is 0 Å². The molecule has 2 saturated heterocycles. The number of hydrogen-bond donors (Lipinski definition) is 1. The number of ketones is 1. The Morgan fingerprint density at radius 2 is 1.94 bits per heavy atom. The molecule has 1 N–H and O–H groups in total. The molecular weight excluding hydrogens is 422 g/mol. The molecule has 0 atom stereocenters. The summed E-state index contributed by atoms with van der Waals surface area (Å²) in [5.41, 5.74) is 6.37. The van der Waals surface area contributed by atoms with E-state index in [1.165, 1.54) is 5.56 Å². The van der Waals surface area contributed by atoms with Crippen molar-refractivity contribution in [2.45, 2.75) is 44.1 Å². The van der Waals surface area contributed by atoms with Gasteiger partial charge in [0.2, 0.25) is 0 Å². The highest BCUT2D eigenvalue weighted by molar-refractivity contribution is 6.20. The van der Waals surface area contributed by atoms with Crippen LogP contribution in [0.15, 0.2) is 30.3 Å². The fourth-order valence-corrected chi connectivity index (χ4v) is 6.03. The van der Waals surface area contributed by atoms with Crippen molar-refractivity contribution in [1.82, 2.24) is 9.88 Å². The van der Waals surface area contributed by atoms with Gasteiger partial charge in [0.25, 0.3) is 0 Å². The van der Waals surface area contributed by atoms with E-state index in [0.717, 1.165) is 66.9 Å². The zero-order valence-corrected chi connectivity index (χ0v) is 19.6. The van der Waals surface area contributed by atoms with Crippen LogP contribution in [0.5, 0.6) is 0 Å². The highest BCUT2D eigenvalue weighted by Gasteiger charge is 2.41. The highest BCUT2D eigenvalue weighted by atomic mass is 16.5. The Labute approximate surface area is 199 Å². The Bertz CT molecular complexity index is 1420. The minimum atomic E-state index is -0.393. The van der Waals surface area contributed by atoms with Crippen molar-refractivity contribution in [1.29, 1.82) is 5.26 Å². The average molecular weight is 450 g/mol. The Kier molecular flexibility index (Phi) is 4.71. The fourth-order valence-electron chi connectivity index (χ4n) is 6.03. The molecule has 1 aliphatic carbocycles. The van der Waals surface area contributed by atoms with Crippen LogP contribution in [0.1, 0.15) is 76.5 Å². The zero-order chi connectivity index (χ0) is 23.6. The van der Waals surface area contributed by atoms with E-state index in [0.29, 0.717) is 28.7 Å². The zero-order valence-electron chi connectivity index (χ0n) is 19.6. The molecule has 2 aliphatic heterocycles. The van der Waals surface area contributed by atoms with Crippen LogP contribution in [-0.4, -0.2) is 48.0 Å². The lowest BCUT2D eigenvalue weighted by Gasteiger charge is -2.42. The SMILES string of the molecule is C#Cc1cc2c(cc1C1CCN(C3COC3)CC1)C(C)(C)c1[nH]c3cc(C#N)ccc3c1C2=O. The molecule has 0 unspecified atom stereocenters. The van der Waals surface area contributed by atoms with Crippen LogP contribution in [0.4, 0.5) is 0 Å². The molecule has 0 radical (unpaired) electrons. The van der Waals surface area contributed by atoms with Crippen LogP contribution in [0.2, 0.25) is 0 Å². The molecule has 0 spiro atoms. The topological polar surface area (TPSA) is 69.1 Å². The van der Waals surface area contributed by atoms with Crippen molar-refractivity contribution in [2.75, 3.05) is 26.3 Å². The first-order valence-electron chi connectivity index (χ1n) is 12.0. The standard InChI is InChI=1S/C29H27N3O2/c1-4-18-12-23-24(13-22(18)19-7-9-32(10-8-19)20-15-34-16-20)29(2,3)28-26(27(23)33)21-6-5-17(14-30)11-25(21)31-28/h1,5-6,11-13,19-20,31H,7-10,15-16H2,2-3H3. The summed E-state index contributed by atoms with van der Waals surface area (Å²) in [5, 5.41) is 10.2. The largest absolute Gasteiger partial charge is 0.378 e. The second-order valence-corrected chi connectivity index (χ2v) is 10.3. The second-order valence-electron chi connectivity index (χ2n) is 10.3. The van der Waals surface area contributed by atoms with Gasteiger partial charge in [-0.15, -0.1) is 6.42 Å². The predicted octanol–water partition coefficient (Wildman–Crippen LogP) is 4.47. The van der Waals surface area contributed by atoms with Gasteiger partial charge in [-0.3, -0.25) is 9.69 Å². The van der Waals surface area contributed by atoms with Gasteiger partial charge in [0.1, 0.15) is 0 Å². The van der Waals surface area contributed by atoms with E-state index in [-0.39, 0.29) is 5.78 Å². The Hall–Kier alpha value is -3.38. The van der Waals surface area contributed by atoms with Crippen LogP contribution < -0.4 is 0 Å². The van der Waals surface area contributed by atoms with E-state index < -0.39 is 5.41 Å². The Morgan fingerprint density at radius 3 is 2.59 bits per heavy atom. The molecule has 0 saturated carbocycles. The number of benzene rings is 2. The first-order valence-corrected chi connectivity index (χ1v) is 12.0. The minimum Gasteiger partial charge on any atom is -0.378 e. The van der Waals surface area contributed by atoms with Gasteiger partial charge in [-0.2, -0.15) is 5.26 Å². The normalized spacial score (nSPS) is 20.3. The second kappa shape index (κ2) is 7.57. The van der Waals surface area contributed by atoms with Gasteiger partial charge < -0.3 is 9.72 Å². The summed E-state index contributed by atoms with van der Waals surface area (Å²) in [6.07, 6.45) is 8.11. The van der Waals surface area contributed by atoms with Crippen molar-refractivity contribution >= 4 is 16.7 Å². The average Bonchev–Trinajstić information content (AvgIpc) is 3.21. The van der Waals surface area contributed by atoms with Gasteiger partial charge in [0.05, 0.1) is 36.5 Å². The third-order valence-electron chi connectivity index (χ3n) is 8.15. The number of hydrogen-bond acceptors (Lipinski definition) is 4. The summed E-state index contributed by atoms with van der Waals surface area (Å²) in [5.74, 6) is 3.28. The van der Waals surface area contributed by atoms with Crippen molar-refractivity contribution in [3.63, 3.8) is 0 Å². The van der Waals surface area contributed by atoms with Crippen molar-refractivity contribution in [3.8, 4) is 18.4 Å². The third kappa shape index (κ3) is 2.98. The van der Waals surface area contributed by atoms with Crippen LogP contribution in [0.3, 0.4) is 0 Å². The lowest BCUT2D eigenvalue weighted by molar-refractivity contribution is -0.0712. The van der Waals surface area contributed by atoms with E-state index in [4.69, 9.17) is 11.2 Å². The van der Waals surface area contributed by atoms with E-state index >= 15 is 0 Å². The number of likely N-dealkylation sites (tertiary alicyclic amines) is 1. The molecule has 170 valence electrons. The molecule has 3 aliphatic rings. The maximum atomic E-state index is 13.8. The monoisotopic (exact) mass is 449 g/mol. The first kappa shape index (κ1) is 21.2. The molecule has 2 aromatic carbocycles. The highest BCUT2D eigenvalue weighted by Crippen LogP contribution is 2.46. The summed E-state index contributed by atoms with van der Waals surface area (Å²) in [6, 6.07) is 12.4. The number of piperidine rings is 1. The number of ether oxygens (including phenoxy) is 1. The van der Waals surface area contributed by atoms with Gasteiger partial charge in [-0.25, -0.2) is 0 Å². The molecule has 34 heavy (non-hydrogen) atoms. The van der Waals surface area contributed by atoms with Crippen LogP contribution in [0, 0.1) is 23.7 Å². The number of aromatic amines is 1. The lowest BCUT2D eigenvalue weighted by atomic mass is 9.69. The number of terminal acetylenes is 1. The number of nitrogens with one attached hydrogen (secondary N) is 1. The van der Waals surface area contributed by atoms with E-state index in [1.54, 1.807) is 6.07 Å². The molecule has 5 heteroatoms.